The van der Waals surface area contributed by atoms with Crippen LogP contribution in [-0.4, -0.2) is 147 Å². The van der Waals surface area contributed by atoms with Gasteiger partial charge >= 0.3 is 35.8 Å². The molecular formula is C16H34O16S6. The lowest BCUT2D eigenvalue weighted by atomic mass is 10.2. The zero-order valence-corrected chi connectivity index (χ0v) is 24.8. The van der Waals surface area contributed by atoms with Gasteiger partial charge in [-0.2, -0.15) is 75.8 Å². The van der Waals surface area contributed by atoms with Crippen molar-refractivity contribution in [3.8, 4) is 0 Å². The fraction of sp³-hybridized carbons (Fsp3) is 0.625. The van der Waals surface area contributed by atoms with Crippen LogP contribution in [0, 0.1) is 0 Å². The smallest absolute Gasteiger partial charge is 0.313 e. The molecule has 2 atom stereocenters. The van der Waals surface area contributed by atoms with E-state index in [-0.39, 0.29) is 34.5 Å². The van der Waals surface area contributed by atoms with Crippen LogP contribution in [0.1, 0.15) is 0 Å². The second-order valence-corrected chi connectivity index (χ2v) is 6.71. The van der Waals surface area contributed by atoms with Gasteiger partial charge in [0.2, 0.25) is 0 Å². The molecule has 38 heavy (non-hydrogen) atoms. The number of hydrogen-bond donors (Lipinski definition) is 16. The van der Waals surface area contributed by atoms with Crippen molar-refractivity contribution in [2.75, 3.05) is 47.7 Å². The predicted molar refractivity (Wildman–Crippen MR) is 155 cm³/mol. The Morgan fingerprint density at radius 2 is 0.474 bits per heavy atom. The molecule has 0 heterocycles. The molecule has 0 fully saturated rings. The van der Waals surface area contributed by atoms with Gasteiger partial charge in [-0.1, -0.05) is 0 Å². The Morgan fingerprint density at radius 1 is 0.395 bits per heavy atom. The first-order chi connectivity index (χ1) is 17.3. The number of carbonyl (C=O) groups is 6. The first-order valence-corrected chi connectivity index (χ1v) is 12.7. The molecule has 0 aromatic rings. The monoisotopic (exact) mass is 674 g/mol. The Morgan fingerprint density at radius 3 is 0.500 bits per heavy atom. The molecule has 16 nitrogen and oxygen atoms in total. The highest BCUT2D eigenvalue weighted by Gasteiger charge is 2.12. The normalized spacial score (nSPS) is 9.63. The van der Waals surface area contributed by atoms with E-state index in [0.29, 0.717) is 0 Å². The summed E-state index contributed by atoms with van der Waals surface area (Å²) in [6, 6.07) is 0. The van der Waals surface area contributed by atoms with Crippen LogP contribution in [0.4, 0.5) is 0 Å². The van der Waals surface area contributed by atoms with Crippen LogP contribution in [0.3, 0.4) is 0 Å². The SMILES string of the molecule is O=C(O)CS.O=C(O)CS.O=C(O)CS.O=C(O)CS.O=C(O)CS.O=C(O)CS.OC[C@@H](O)[C@@H](O)CO. The molecule has 230 valence electrons. The van der Waals surface area contributed by atoms with Crippen LogP contribution in [0.15, 0.2) is 0 Å². The minimum Gasteiger partial charge on any atom is -0.481 e. The van der Waals surface area contributed by atoms with Gasteiger partial charge in [0.15, 0.2) is 0 Å². The summed E-state index contributed by atoms with van der Waals surface area (Å²) in [7, 11) is 0. The number of aliphatic carboxylic acids is 6. The zero-order valence-electron chi connectivity index (χ0n) is 19.4. The van der Waals surface area contributed by atoms with Gasteiger partial charge in [0.05, 0.1) is 47.7 Å². The number of aliphatic hydroxyl groups is 4. The minimum atomic E-state index is -1.22. The quantitative estimate of drug-likeness (QED) is 0.114. The number of aliphatic hydroxyl groups excluding tert-OH is 4. The topological polar surface area (TPSA) is 305 Å². The largest absolute Gasteiger partial charge is 0.481 e. The molecule has 10 N–H and O–H groups in total. The summed E-state index contributed by atoms with van der Waals surface area (Å²) in [5.74, 6) is -5.79. The van der Waals surface area contributed by atoms with Gasteiger partial charge in [0.1, 0.15) is 12.2 Å². The lowest BCUT2D eigenvalue weighted by molar-refractivity contribution is -0.134. The van der Waals surface area contributed by atoms with Crippen molar-refractivity contribution >= 4 is 112 Å². The Hall–Kier alpha value is -1.24. The minimum absolute atomic E-state index is 0.0833. The molecule has 0 aromatic heterocycles. The summed E-state index contributed by atoms with van der Waals surface area (Å²) in [4.78, 5) is 55.7. The third-order valence-corrected chi connectivity index (χ3v) is 3.25. The maximum atomic E-state index is 9.29. The number of rotatable bonds is 9. The Kier molecular flexibility index (Phi) is 63.8. The summed E-state index contributed by atoms with van der Waals surface area (Å²) in [5.41, 5.74) is 0. The summed E-state index contributed by atoms with van der Waals surface area (Å²) < 4.78 is 0. The fourth-order valence-corrected chi connectivity index (χ4v) is 0.243. The first-order valence-electron chi connectivity index (χ1n) is 8.88. The molecule has 0 unspecified atom stereocenters. The highest BCUT2D eigenvalue weighted by Crippen LogP contribution is 1.88. The number of carboxylic acids is 6. The molecule has 0 saturated heterocycles. The molecule has 0 spiro atoms. The third-order valence-electron chi connectivity index (χ3n) is 1.63. The van der Waals surface area contributed by atoms with Crippen LogP contribution in [0.2, 0.25) is 0 Å². The molecule has 0 aliphatic heterocycles. The Labute approximate surface area is 250 Å². The molecule has 0 bridgehead atoms. The summed E-state index contributed by atoms with van der Waals surface area (Å²) >= 11 is 20.5. The number of hydrogen-bond acceptors (Lipinski definition) is 16. The van der Waals surface area contributed by atoms with Gasteiger partial charge < -0.3 is 51.1 Å². The maximum Gasteiger partial charge on any atom is 0.313 e. The second kappa shape index (κ2) is 45.7. The van der Waals surface area contributed by atoms with E-state index in [1.54, 1.807) is 0 Å². The highest BCUT2D eigenvalue weighted by molar-refractivity contribution is 7.81. The molecule has 22 heteroatoms. The molecule has 0 amide bonds. The molecular weight excluding hydrogens is 641 g/mol. The standard InChI is InChI=1S/C4H10O4.6C2H4O2S/c5-1-3(7)4(8)2-6;6*3-2(4)1-5/h3-8H,1-2H2;6*5H,1H2,(H,3,4)/t3-,4+;;;;;;. The average Bonchev–Trinajstić information content (AvgIpc) is 2.89. The fourth-order valence-electron chi connectivity index (χ4n) is 0.243. The average molecular weight is 675 g/mol. The highest BCUT2D eigenvalue weighted by atomic mass is 32.1. The van der Waals surface area contributed by atoms with E-state index in [9.17, 15) is 28.8 Å². The van der Waals surface area contributed by atoms with E-state index in [1.165, 1.54) is 0 Å². The van der Waals surface area contributed by atoms with Gasteiger partial charge in [-0.25, -0.2) is 0 Å². The van der Waals surface area contributed by atoms with Gasteiger partial charge in [-0.3, -0.25) is 28.8 Å². The Balaban J connectivity index is -0.0000000596. The van der Waals surface area contributed by atoms with E-state index >= 15 is 0 Å². The lowest BCUT2D eigenvalue weighted by Crippen LogP contribution is -2.31. The van der Waals surface area contributed by atoms with Crippen LogP contribution in [0.5, 0.6) is 0 Å². The van der Waals surface area contributed by atoms with Crippen molar-refractivity contribution in [1.29, 1.82) is 0 Å². The molecule has 0 radical (unpaired) electrons. The van der Waals surface area contributed by atoms with Gasteiger partial charge in [0.25, 0.3) is 0 Å². The predicted octanol–water partition coefficient (Wildman–Crippen LogP) is -2.30. The van der Waals surface area contributed by atoms with Gasteiger partial charge in [0, 0.05) is 0 Å². The van der Waals surface area contributed by atoms with Gasteiger partial charge in [-0.15, -0.1) is 0 Å². The van der Waals surface area contributed by atoms with Crippen LogP contribution >= 0.6 is 75.8 Å². The maximum absolute atomic E-state index is 9.29. The Bertz CT molecular complexity index is 480. The van der Waals surface area contributed by atoms with E-state index in [1.807, 2.05) is 0 Å². The lowest BCUT2D eigenvalue weighted by Gasteiger charge is -2.10. The van der Waals surface area contributed by atoms with Crippen LogP contribution in [0.25, 0.3) is 0 Å². The number of thiol groups is 6. The zero-order chi connectivity index (χ0) is 32.3. The molecule has 0 saturated carbocycles. The third kappa shape index (κ3) is 113. The first kappa shape index (κ1) is 53.1. The van der Waals surface area contributed by atoms with Crippen molar-refractivity contribution in [3.05, 3.63) is 0 Å². The number of carboxylic acid groups (broad SMARTS) is 6. The van der Waals surface area contributed by atoms with Crippen LogP contribution < -0.4 is 0 Å². The van der Waals surface area contributed by atoms with Crippen molar-refractivity contribution < 1.29 is 79.8 Å². The van der Waals surface area contributed by atoms with Crippen molar-refractivity contribution in [2.24, 2.45) is 0 Å². The summed E-state index contributed by atoms with van der Waals surface area (Å²) in [6.07, 6.45) is -2.44. The van der Waals surface area contributed by atoms with Crippen molar-refractivity contribution in [2.45, 2.75) is 12.2 Å². The molecule has 0 aliphatic carbocycles. The molecule has 0 rings (SSSR count). The van der Waals surface area contributed by atoms with Crippen molar-refractivity contribution in [3.63, 3.8) is 0 Å². The summed E-state index contributed by atoms with van der Waals surface area (Å²) in [6.45, 7) is -1.05. The van der Waals surface area contributed by atoms with Crippen molar-refractivity contribution in [1.82, 2.24) is 0 Å². The van der Waals surface area contributed by atoms with E-state index in [4.69, 9.17) is 51.1 Å². The van der Waals surface area contributed by atoms with Crippen LogP contribution in [-0.2, 0) is 28.8 Å². The van der Waals surface area contributed by atoms with Gasteiger partial charge in [-0.05, 0) is 0 Å². The van der Waals surface area contributed by atoms with E-state index in [2.05, 4.69) is 75.8 Å². The molecule has 0 aromatic carbocycles. The van der Waals surface area contributed by atoms with E-state index in [0.717, 1.165) is 0 Å². The molecule has 0 aliphatic rings. The van der Waals surface area contributed by atoms with E-state index < -0.39 is 61.2 Å². The second-order valence-electron chi connectivity index (χ2n) is 4.81. The summed E-state index contributed by atoms with van der Waals surface area (Å²) in [5, 5.41) is 79.0.